The van der Waals surface area contributed by atoms with Gasteiger partial charge < -0.3 is 5.73 Å². The Morgan fingerprint density at radius 3 is 2.76 bits per heavy atom. The summed E-state index contributed by atoms with van der Waals surface area (Å²) in [6.45, 7) is 0. The molecular formula is C24H16N10. The number of nitrogen functional groups attached to an aromatic ring is 1. The lowest BCUT2D eigenvalue weighted by atomic mass is 10.00. The normalized spacial score (nSPS) is 11.1. The van der Waals surface area contributed by atoms with Gasteiger partial charge >= 0.3 is 0 Å². The van der Waals surface area contributed by atoms with Gasteiger partial charge in [-0.25, -0.2) is 9.97 Å². The lowest BCUT2D eigenvalue weighted by molar-refractivity contribution is 0.800. The van der Waals surface area contributed by atoms with E-state index in [9.17, 15) is 5.26 Å². The quantitative estimate of drug-likeness (QED) is 0.438. The van der Waals surface area contributed by atoms with E-state index in [1.165, 1.54) is 4.52 Å². The Morgan fingerprint density at radius 1 is 0.971 bits per heavy atom. The van der Waals surface area contributed by atoms with Crippen LogP contribution in [0.25, 0.3) is 33.5 Å². The Morgan fingerprint density at radius 2 is 1.91 bits per heavy atom. The van der Waals surface area contributed by atoms with Gasteiger partial charge in [0, 0.05) is 29.2 Å². The minimum Gasteiger partial charge on any atom is -0.368 e. The van der Waals surface area contributed by atoms with Gasteiger partial charge in [0.05, 0.1) is 41.0 Å². The molecule has 2 N–H and O–H groups in total. The zero-order valence-corrected chi connectivity index (χ0v) is 17.7. The molecule has 0 amide bonds. The monoisotopic (exact) mass is 444 g/mol. The second-order valence-electron chi connectivity index (χ2n) is 7.60. The van der Waals surface area contributed by atoms with E-state index in [-0.39, 0.29) is 5.95 Å². The molecule has 0 saturated carbocycles. The number of rotatable bonds is 4. The average Bonchev–Trinajstić information content (AvgIpc) is 3.49. The summed E-state index contributed by atoms with van der Waals surface area (Å²) in [5.41, 5.74) is 11.8. The molecule has 5 heterocycles. The molecule has 34 heavy (non-hydrogen) atoms. The van der Waals surface area contributed by atoms with Crippen LogP contribution in [0.4, 0.5) is 5.95 Å². The van der Waals surface area contributed by atoms with Gasteiger partial charge in [-0.2, -0.15) is 24.6 Å². The molecule has 10 nitrogen and oxygen atoms in total. The summed E-state index contributed by atoms with van der Waals surface area (Å²) in [4.78, 5) is 13.9. The zero-order valence-electron chi connectivity index (χ0n) is 17.7. The molecule has 0 aliphatic rings. The summed E-state index contributed by atoms with van der Waals surface area (Å²) in [6, 6.07) is 18.9. The first-order valence-corrected chi connectivity index (χ1v) is 10.5. The van der Waals surface area contributed by atoms with Crippen LogP contribution in [0.3, 0.4) is 0 Å². The molecule has 0 saturated heterocycles. The number of aromatic nitrogens is 8. The first kappa shape index (κ1) is 19.5. The van der Waals surface area contributed by atoms with E-state index in [1.807, 2.05) is 42.5 Å². The SMILES string of the molecule is N#Cc1cccc(-c2nc(N)n3nc(Cc4ccccn4)nc3c2-c2cnn3ncccc23)c1. The van der Waals surface area contributed by atoms with Crippen LogP contribution >= 0.6 is 0 Å². The van der Waals surface area contributed by atoms with E-state index in [0.717, 1.165) is 22.3 Å². The first-order valence-electron chi connectivity index (χ1n) is 10.5. The van der Waals surface area contributed by atoms with E-state index in [0.29, 0.717) is 34.7 Å². The van der Waals surface area contributed by atoms with Crippen LogP contribution in [0.1, 0.15) is 17.1 Å². The number of nitrogens with zero attached hydrogens (tertiary/aromatic N) is 9. The minimum absolute atomic E-state index is 0.186. The fraction of sp³-hybridized carbons (Fsp3) is 0.0417. The van der Waals surface area contributed by atoms with Crippen molar-refractivity contribution in [2.45, 2.75) is 6.42 Å². The highest BCUT2D eigenvalue weighted by molar-refractivity contribution is 5.96. The van der Waals surface area contributed by atoms with Crippen molar-refractivity contribution in [2.24, 2.45) is 0 Å². The Balaban J connectivity index is 1.65. The molecule has 5 aromatic heterocycles. The molecule has 0 aliphatic heterocycles. The van der Waals surface area contributed by atoms with E-state index >= 15 is 0 Å². The maximum Gasteiger partial charge on any atom is 0.223 e. The highest BCUT2D eigenvalue weighted by Crippen LogP contribution is 2.37. The van der Waals surface area contributed by atoms with Crippen LogP contribution in [-0.2, 0) is 6.42 Å². The summed E-state index contributed by atoms with van der Waals surface area (Å²) < 4.78 is 3.08. The van der Waals surface area contributed by atoms with Gasteiger partial charge in [0.1, 0.15) is 0 Å². The summed E-state index contributed by atoms with van der Waals surface area (Å²) in [7, 11) is 0. The predicted octanol–water partition coefficient (Wildman–Crippen LogP) is 2.94. The van der Waals surface area contributed by atoms with E-state index < -0.39 is 0 Å². The molecule has 1 aromatic carbocycles. The number of nitrogens with two attached hydrogens (primary N) is 1. The maximum absolute atomic E-state index is 9.42. The topological polar surface area (TPSA) is 136 Å². The lowest BCUT2D eigenvalue weighted by Gasteiger charge is -2.11. The standard InChI is InChI=1S/C24H16N10/c25-13-15-5-3-6-16(11-15)22-21(18-14-29-34-19(18)8-4-10-28-34)23-30-20(32-33(23)24(26)31-22)12-17-7-1-2-9-27-17/h1-11,14H,12H2,(H2,26,31). The highest BCUT2D eigenvalue weighted by atomic mass is 15.4. The Bertz CT molecular complexity index is 1710. The van der Waals surface area contributed by atoms with Crippen molar-refractivity contribution in [1.82, 2.24) is 39.4 Å². The molecule has 6 aromatic rings. The minimum atomic E-state index is 0.186. The first-order chi connectivity index (χ1) is 16.7. The fourth-order valence-corrected chi connectivity index (χ4v) is 3.96. The second-order valence-corrected chi connectivity index (χ2v) is 7.60. The average molecular weight is 444 g/mol. The molecule has 0 atom stereocenters. The third-order valence-electron chi connectivity index (χ3n) is 5.46. The van der Waals surface area contributed by atoms with Crippen molar-refractivity contribution in [1.29, 1.82) is 5.26 Å². The summed E-state index contributed by atoms with van der Waals surface area (Å²) >= 11 is 0. The molecule has 0 spiro atoms. The van der Waals surface area contributed by atoms with E-state index in [2.05, 4.69) is 31.3 Å². The van der Waals surface area contributed by atoms with Crippen LogP contribution in [0.15, 0.2) is 73.2 Å². The Labute approximate surface area is 193 Å². The van der Waals surface area contributed by atoms with Crippen molar-refractivity contribution < 1.29 is 0 Å². The third-order valence-corrected chi connectivity index (χ3v) is 5.46. The highest BCUT2D eigenvalue weighted by Gasteiger charge is 2.23. The molecule has 0 bridgehead atoms. The molecule has 0 unspecified atom stereocenters. The van der Waals surface area contributed by atoms with E-state index in [1.54, 1.807) is 35.4 Å². The van der Waals surface area contributed by atoms with Gasteiger partial charge in [-0.15, -0.1) is 5.10 Å². The molecular weight excluding hydrogens is 428 g/mol. The van der Waals surface area contributed by atoms with Crippen molar-refractivity contribution in [2.75, 3.05) is 5.73 Å². The van der Waals surface area contributed by atoms with Crippen LogP contribution < -0.4 is 5.73 Å². The fourth-order valence-electron chi connectivity index (χ4n) is 3.96. The largest absolute Gasteiger partial charge is 0.368 e. The second kappa shape index (κ2) is 7.75. The van der Waals surface area contributed by atoms with Gasteiger partial charge in [-0.1, -0.05) is 18.2 Å². The summed E-state index contributed by atoms with van der Waals surface area (Å²) in [6.07, 6.45) is 5.57. The number of benzene rings is 1. The van der Waals surface area contributed by atoms with Gasteiger partial charge in [0.25, 0.3) is 0 Å². The number of pyridine rings is 1. The molecule has 6 rings (SSSR count). The van der Waals surface area contributed by atoms with Gasteiger partial charge in [-0.05, 0) is 36.4 Å². The summed E-state index contributed by atoms with van der Waals surface area (Å²) in [5, 5.41) is 22.7. The third kappa shape index (κ3) is 3.20. The van der Waals surface area contributed by atoms with Gasteiger partial charge in [-0.3, -0.25) is 4.98 Å². The van der Waals surface area contributed by atoms with Gasteiger partial charge in [0.2, 0.25) is 5.95 Å². The predicted molar refractivity (Wildman–Crippen MR) is 124 cm³/mol. The number of hydrogen-bond donors (Lipinski definition) is 1. The molecule has 10 heteroatoms. The number of hydrogen-bond acceptors (Lipinski definition) is 8. The Hall–Kier alpha value is -5.17. The van der Waals surface area contributed by atoms with Crippen LogP contribution in [0.2, 0.25) is 0 Å². The smallest absolute Gasteiger partial charge is 0.223 e. The molecule has 0 aliphatic carbocycles. The van der Waals surface area contributed by atoms with Gasteiger partial charge in [0.15, 0.2) is 11.5 Å². The zero-order chi connectivity index (χ0) is 23.1. The number of anilines is 1. The van der Waals surface area contributed by atoms with Crippen molar-refractivity contribution in [3.05, 3.63) is 90.3 Å². The molecule has 0 radical (unpaired) electrons. The lowest BCUT2D eigenvalue weighted by Crippen LogP contribution is -2.06. The van der Waals surface area contributed by atoms with Crippen LogP contribution in [-0.4, -0.2) is 39.4 Å². The van der Waals surface area contributed by atoms with Crippen molar-refractivity contribution >= 4 is 17.1 Å². The molecule has 162 valence electrons. The van der Waals surface area contributed by atoms with Crippen molar-refractivity contribution in [3.63, 3.8) is 0 Å². The van der Waals surface area contributed by atoms with E-state index in [4.69, 9.17) is 10.7 Å². The molecule has 0 fully saturated rings. The number of nitriles is 1. The van der Waals surface area contributed by atoms with Crippen LogP contribution in [0.5, 0.6) is 0 Å². The van der Waals surface area contributed by atoms with Crippen molar-refractivity contribution in [3.8, 4) is 28.5 Å². The number of fused-ring (bicyclic) bond motifs is 2. The van der Waals surface area contributed by atoms with Crippen LogP contribution in [0, 0.1) is 11.3 Å². The summed E-state index contributed by atoms with van der Waals surface area (Å²) in [5.74, 6) is 0.747. The maximum atomic E-state index is 9.42. The Kier molecular flexibility index (Phi) is 4.45.